The van der Waals surface area contributed by atoms with Gasteiger partial charge in [-0.15, -0.1) is 0 Å². The Morgan fingerprint density at radius 2 is 1.21 bits per heavy atom. The number of hydrogen-bond acceptors (Lipinski definition) is 4. The molecule has 0 unspecified atom stereocenters. The number of hydrogen-bond donors (Lipinski definition) is 0. The van der Waals surface area contributed by atoms with Crippen LogP contribution in [0, 0.1) is 0 Å². The number of unbranched alkanes of at least 4 members (excludes halogenated alkanes) is 6. The standard InChI is InChI=1S/C39H43NO3/c1-3-5-7-14-24-41-32-20-22-34-30(27-32)26-31-28-33(42-25-15-8-6-4-2)21-23-35(31)39(34)36-18-12-13-19-37(36)40-38(43-39)29-16-10-9-11-17-29/h9-13,16-23,27-28H,3-8,14-15,24-26H2,1-2H3. The Balaban J connectivity index is 1.42. The number of nitrogens with zero attached hydrogens (tertiary/aromatic N) is 1. The summed E-state index contributed by atoms with van der Waals surface area (Å²) in [6.45, 7) is 5.95. The van der Waals surface area contributed by atoms with Crippen molar-refractivity contribution >= 4 is 11.6 Å². The molecule has 0 radical (unpaired) electrons. The Morgan fingerprint density at radius 3 is 1.81 bits per heavy atom. The first-order valence-corrected chi connectivity index (χ1v) is 16.2. The van der Waals surface area contributed by atoms with E-state index in [-0.39, 0.29) is 0 Å². The molecule has 43 heavy (non-hydrogen) atoms. The highest BCUT2D eigenvalue weighted by atomic mass is 16.5. The Morgan fingerprint density at radius 1 is 0.628 bits per heavy atom. The second kappa shape index (κ2) is 13.5. The Labute approximate surface area is 256 Å². The van der Waals surface area contributed by atoms with Gasteiger partial charge in [-0.2, -0.15) is 0 Å². The highest BCUT2D eigenvalue weighted by molar-refractivity contribution is 5.98. The molecular weight excluding hydrogens is 530 g/mol. The average Bonchev–Trinajstić information content (AvgIpc) is 3.05. The lowest BCUT2D eigenvalue weighted by Crippen LogP contribution is -2.41. The lowest BCUT2D eigenvalue weighted by atomic mass is 9.70. The van der Waals surface area contributed by atoms with Gasteiger partial charge in [0.2, 0.25) is 5.90 Å². The Hall–Kier alpha value is -4.05. The maximum atomic E-state index is 7.18. The van der Waals surface area contributed by atoms with Gasteiger partial charge in [0.05, 0.1) is 18.9 Å². The SMILES string of the molecule is CCCCCCOc1ccc2c(c1)Cc1cc(OCCCCCC)ccc1C21OC(c2ccccc2)=Nc2ccccc21. The zero-order valence-electron chi connectivity index (χ0n) is 25.6. The van der Waals surface area contributed by atoms with Crippen molar-refractivity contribution in [2.75, 3.05) is 13.2 Å². The van der Waals surface area contributed by atoms with E-state index in [0.717, 1.165) is 71.9 Å². The molecule has 1 aliphatic heterocycles. The van der Waals surface area contributed by atoms with Crippen LogP contribution in [0.4, 0.5) is 5.69 Å². The van der Waals surface area contributed by atoms with Crippen molar-refractivity contribution in [1.82, 2.24) is 0 Å². The summed E-state index contributed by atoms with van der Waals surface area (Å²) in [7, 11) is 0. The van der Waals surface area contributed by atoms with E-state index in [0.29, 0.717) is 5.90 Å². The second-order valence-corrected chi connectivity index (χ2v) is 11.7. The lowest BCUT2D eigenvalue weighted by Gasteiger charge is -2.44. The fraction of sp³-hybridized carbons (Fsp3) is 0.359. The summed E-state index contributed by atoms with van der Waals surface area (Å²) < 4.78 is 19.7. The van der Waals surface area contributed by atoms with Crippen LogP contribution in [-0.4, -0.2) is 19.1 Å². The highest BCUT2D eigenvalue weighted by Gasteiger charge is 2.48. The normalized spacial score (nSPS) is 14.2. The monoisotopic (exact) mass is 573 g/mol. The lowest BCUT2D eigenvalue weighted by molar-refractivity contribution is 0.133. The molecule has 1 spiro atoms. The van der Waals surface area contributed by atoms with Gasteiger partial charge in [-0.1, -0.05) is 101 Å². The number of para-hydroxylation sites is 1. The molecule has 222 valence electrons. The molecule has 0 bridgehead atoms. The van der Waals surface area contributed by atoms with Gasteiger partial charge in [-0.25, -0.2) is 4.99 Å². The van der Waals surface area contributed by atoms with Crippen LogP contribution in [0.5, 0.6) is 11.5 Å². The maximum Gasteiger partial charge on any atom is 0.222 e. The molecule has 0 fully saturated rings. The molecule has 0 saturated heterocycles. The van der Waals surface area contributed by atoms with E-state index in [1.807, 2.05) is 18.2 Å². The molecule has 4 aromatic carbocycles. The first-order valence-electron chi connectivity index (χ1n) is 16.2. The third kappa shape index (κ3) is 6.06. The Bertz CT molecular complexity index is 1490. The van der Waals surface area contributed by atoms with Crippen LogP contribution >= 0.6 is 0 Å². The van der Waals surface area contributed by atoms with Gasteiger partial charge in [-0.3, -0.25) is 0 Å². The van der Waals surface area contributed by atoms with Crippen molar-refractivity contribution in [2.24, 2.45) is 4.99 Å². The van der Waals surface area contributed by atoms with E-state index in [4.69, 9.17) is 19.2 Å². The molecule has 0 amide bonds. The van der Waals surface area contributed by atoms with Gasteiger partial charge < -0.3 is 14.2 Å². The molecule has 0 N–H and O–H groups in total. The van der Waals surface area contributed by atoms with Crippen LogP contribution in [0.15, 0.2) is 96.0 Å². The van der Waals surface area contributed by atoms with E-state index in [1.54, 1.807) is 0 Å². The molecule has 1 heterocycles. The third-order valence-corrected chi connectivity index (χ3v) is 8.60. The molecule has 0 aromatic heterocycles. The second-order valence-electron chi connectivity index (χ2n) is 11.7. The highest BCUT2D eigenvalue weighted by Crippen LogP contribution is 2.53. The number of rotatable bonds is 13. The predicted molar refractivity (Wildman–Crippen MR) is 175 cm³/mol. The quantitative estimate of drug-likeness (QED) is 0.149. The summed E-state index contributed by atoms with van der Waals surface area (Å²) >= 11 is 0. The van der Waals surface area contributed by atoms with Crippen LogP contribution in [0.1, 0.15) is 98.6 Å². The number of benzene rings is 4. The minimum absolute atomic E-state index is 0.630. The van der Waals surface area contributed by atoms with E-state index < -0.39 is 5.60 Å². The van der Waals surface area contributed by atoms with Crippen molar-refractivity contribution in [1.29, 1.82) is 0 Å². The Kier molecular flexibility index (Phi) is 9.12. The zero-order chi connectivity index (χ0) is 29.5. The molecule has 0 atom stereocenters. The zero-order valence-corrected chi connectivity index (χ0v) is 25.6. The maximum absolute atomic E-state index is 7.18. The summed E-state index contributed by atoms with van der Waals surface area (Å²) in [5.41, 5.74) is 6.81. The summed E-state index contributed by atoms with van der Waals surface area (Å²) in [4.78, 5) is 5.02. The van der Waals surface area contributed by atoms with E-state index in [2.05, 4.69) is 86.6 Å². The number of ether oxygens (including phenoxy) is 3. The van der Waals surface area contributed by atoms with E-state index in [1.165, 1.54) is 49.7 Å². The van der Waals surface area contributed by atoms with Crippen molar-refractivity contribution in [3.05, 3.63) is 124 Å². The van der Waals surface area contributed by atoms with Crippen molar-refractivity contribution < 1.29 is 14.2 Å². The van der Waals surface area contributed by atoms with Gasteiger partial charge in [0.25, 0.3) is 0 Å². The van der Waals surface area contributed by atoms with Gasteiger partial charge in [0.15, 0.2) is 5.60 Å². The smallest absolute Gasteiger partial charge is 0.222 e. The summed E-state index contributed by atoms with van der Waals surface area (Å²) in [6, 6.07) is 31.7. The van der Waals surface area contributed by atoms with Gasteiger partial charge in [0.1, 0.15) is 11.5 Å². The molecular formula is C39H43NO3. The number of aliphatic imine (C=N–C) groups is 1. The third-order valence-electron chi connectivity index (χ3n) is 8.60. The fourth-order valence-electron chi connectivity index (χ4n) is 6.39. The molecule has 1 aliphatic carbocycles. The molecule has 4 nitrogen and oxygen atoms in total. The first kappa shape index (κ1) is 29.0. The van der Waals surface area contributed by atoms with Crippen LogP contribution in [-0.2, 0) is 16.8 Å². The fourth-order valence-corrected chi connectivity index (χ4v) is 6.39. The average molecular weight is 574 g/mol. The summed E-state index contributed by atoms with van der Waals surface area (Å²) in [5.74, 6) is 2.46. The first-order chi connectivity index (χ1) is 21.2. The number of fused-ring (bicyclic) bond motifs is 6. The van der Waals surface area contributed by atoms with Crippen LogP contribution in [0.3, 0.4) is 0 Å². The largest absolute Gasteiger partial charge is 0.494 e. The van der Waals surface area contributed by atoms with Gasteiger partial charge >= 0.3 is 0 Å². The van der Waals surface area contributed by atoms with E-state index >= 15 is 0 Å². The van der Waals surface area contributed by atoms with E-state index in [9.17, 15) is 0 Å². The summed E-state index contributed by atoms with van der Waals surface area (Å²) in [6.07, 6.45) is 10.3. The van der Waals surface area contributed by atoms with Crippen LogP contribution in [0.2, 0.25) is 0 Å². The molecule has 4 aromatic rings. The van der Waals surface area contributed by atoms with Crippen LogP contribution in [0.25, 0.3) is 0 Å². The topological polar surface area (TPSA) is 40.0 Å². The minimum atomic E-state index is -0.842. The van der Waals surface area contributed by atoms with Crippen molar-refractivity contribution in [2.45, 2.75) is 77.2 Å². The predicted octanol–water partition coefficient (Wildman–Crippen LogP) is 9.91. The summed E-state index contributed by atoms with van der Waals surface area (Å²) in [5, 5.41) is 0. The van der Waals surface area contributed by atoms with Crippen LogP contribution < -0.4 is 9.47 Å². The van der Waals surface area contributed by atoms with Gasteiger partial charge in [0, 0.05) is 22.3 Å². The molecule has 2 aliphatic rings. The molecule has 6 rings (SSSR count). The molecule has 4 heteroatoms. The minimum Gasteiger partial charge on any atom is -0.494 e. The van der Waals surface area contributed by atoms with Crippen molar-refractivity contribution in [3.63, 3.8) is 0 Å². The van der Waals surface area contributed by atoms with Gasteiger partial charge in [-0.05, 0) is 72.9 Å². The molecule has 0 saturated carbocycles. The van der Waals surface area contributed by atoms with Crippen molar-refractivity contribution in [3.8, 4) is 11.5 Å².